The average Bonchev–Trinajstić information content (AvgIpc) is 2.99. The number of hydrogen-bond acceptors (Lipinski definition) is 0. The van der Waals surface area contributed by atoms with Gasteiger partial charge in [-0.3, -0.25) is 0 Å². The molecular weight excluding hydrogens is 331 g/mol. The number of aryl methyl sites for hydroxylation is 1. The van der Waals surface area contributed by atoms with E-state index in [0.29, 0.717) is 5.56 Å². The Bertz CT molecular complexity index is 1040. The van der Waals surface area contributed by atoms with Gasteiger partial charge in [-0.2, -0.15) is 0 Å². The van der Waals surface area contributed by atoms with Crippen LogP contribution in [0.1, 0.15) is 34.7 Å². The topological polar surface area (TPSA) is 0 Å². The van der Waals surface area contributed by atoms with Crippen molar-refractivity contribution in [3.63, 3.8) is 0 Å². The summed E-state index contributed by atoms with van der Waals surface area (Å²) in [4.78, 5) is 0. The van der Waals surface area contributed by atoms with Gasteiger partial charge < -0.3 is 0 Å². The van der Waals surface area contributed by atoms with Gasteiger partial charge in [0.05, 0.1) is 5.02 Å². The molecule has 0 fully saturated rings. The summed E-state index contributed by atoms with van der Waals surface area (Å²) in [5.41, 5.74) is 8.25. The van der Waals surface area contributed by atoms with E-state index in [2.05, 4.69) is 49.1 Å². The highest BCUT2D eigenvalue weighted by Crippen LogP contribution is 2.37. The van der Waals surface area contributed by atoms with Gasteiger partial charge in [0, 0.05) is 11.1 Å². The predicted molar refractivity (Wildman–Crippen MR) is 101 cm³/mol. The minimum atomic E-state index is -0.440. The fraction of sp³-hybridized carbons (Fsp3) is 0.130. The average molecular weight is 347 g/mol. The first-order valence-electron chi connectivity index (χ1n) is 8.36. The maximum Gasteiger partial charge on any atom is 0.143 e. The summed E-state index contributed by atoms with van der Waals surface area (Å²) in [5.74, 6) is 5.70. The van der Waals surface area contributed by atoms with Gasteiger partial charge >= 0.3 is 0 Å². The minimum Gasteiger partial charge on any atom is -0.205 e. The zero-order valence-electron chi connectivity index (χ0n) is 13.9. The number of rotatable bonds is 1. The van der Waals surface area contributed by atoms with E-state index in [0.717, 1.165) is 18.4 Å². The van der Waals surface area contributed by atoms with Gasteiger partial charge in [-0.05, 0) is 71.0 Å². The first-order chi connectivity index (χ1) is 12.1. The van der Waals surface area contributed by atoms with E-state index in [-0.39, 0.29) is 5.02 Å². The van der Waals surface area contributed by atoms with Crippen molar-refractivity contribution in [1.29, 1.82) is 0 Å². The third kappa shape index (κ3) is 3.06. The molecule has 0 heterocycles. The summed E-state index contributed by atoms with van der Waals surface area (Å²) in [6.45, 7) is 2.18. The van der Waals surface area contributed by atoms with Crippen molar-refractivity contribution in [2.75, 3.05) is 0 Å². The Kier molecular flexibility index (Phi) is 4.07. The van der Waals surface area contributed by atoms with Gasteiger partial charge in [0.2, 0.25) is 0 Å². The number of fused-ring (bicyclic) bond motifs is 3. The molecule has 0 aliphatic heterocycles. The van der Waals surface area contributed by atoms with Crippen LogP contribution in [0.4, 0.5) is 4.39 Å². The molecule has 0 saturated carbocycles. The van der Waals surface area contributed by atoms with Crippen molar-refractivity contribution in [2.45, 2.75) is 19.8 Å². The molecule has 0 radical (unpaired) electrons. The summed E-state index contributed by atoms with van der Waals surface area (Å²) >= 11 is 5.70. The molecule has 122 valence electrons. The molecule has 2 heteroatoms. The Morgan fingerprint density at radius 2 is 1.52 bits per heavy atom. The van der Waals surface area contributed by atoms with Crippen LogP contribution in [0.3, 0.4) is 0 Å². The first kappa shape index (κ1) is 15.9. The fourth-order valence-electron chi connectivity index (χ4n) is 3.28. The SMILES string of the molecule is CCc1ccc2c(c1)Cc1cc(C#Cc3ccc(Cl)c(F)c3)ccc1-2. The maximum absolute atomic E-state index is 13.5. The zero-order valence-corrected chi connectivity index (χ0v) is 14.6. The molecule has 3 aromatic carbocycles. The Morgan fingerprint density at radius 3 is 2.24 bits per heavy atom. The van der Waals surface area contributed by atoms with Crippen LogP contribution in [0.5, 0.6) is 0 Å². The molecule has 0 nitrogen and oxygen atoms in total. The molecule has 0 aromatic heterocycles. The van der Waals surface area contributed by atoms with Gasteiger partial charge in [0.1, 0.15) is 5.82 Å². The lowest BCUT2D eigenvalue weighted by Gasteiger charge is -2.03. The van der Waals surface area contributed by atoms with Gasteiger partial charge in [-0.25, -0.2) is 4.39 Å². The van der Waals surface area contributed by atoms with Crippen molar-refractivity contribution in [3.8, 4) is 23.0 Å². The molecular formula is C23H16ClF. The Labute approximate surface area is 152 Å². The molecule has 0 saturated heterocycles. The van der Waals surface area contributed by atoms with Crippen molar-refractivity contribution in [2.24, 2.45) is 0 Å². The van der Waals surface area contributed by atoms with Gasteiger partial charge in [-0.1, -0.05) is 54.6 Å². The van der Waals surface area contributed by atoms with Crippen LogP contribution >= 0.6 is 11.6 Å². The van der Waals surface area contributed by atoms with E-state index in [1.165, 1.54) is 39.9 Å². The van der Waals surface area contributed by atoms with E-state index in [9.17, 15) is 4.39 Å². The van der Waals surface area contributed by atoms with Crippen molar-refractivity contribution < 1.29 is 4.39 Å². The number of halogens is 2. The highest BCUT2D eigenvalue weighted by molar-refractivity contribution is 6.30. The highest BCUT2D eigenvalue weighted by atomic mass is 35.5. The van der Waals surface area contributed by atoms with Crippen LogP contribution in [0.25, 0.3) is 11.1 Å². The number of hydrogen-bond donors (Lipinski definition) is 0. The standard InChI is InChI=1S/C23H16ClF/c1-2-15-5-8-20-18(11-15)14-19-12-16(6-9-21(19)20)3-4-17-7-10-22(24)23(25)13-17/h5-13H,2,14H2,1H3. The molecule has 25 heavy (non-hydrogen) atoms. The summed E-state index contributed by atoms with van der Waals surface area (Å²) in [7, 11) is 0. The van der Waals surface area contributed by atoms with Crippen LogP contribution in [-0.2, 0) is 12.8 Å². The quantitative estimate of drug-likeness (QED) is 0.370. The largest absolute Gasteiger partial charge is 0.205 e. The molecule has 0 spiro atoms. The van der Waals surface area contributed by atoms with Crippen molar-refractivity contribution >= 4 is 11.6 Å². The lowest BCUT2D eigenvalue weighted by atomic mass is 10.0. The van der Waals surface area contributed by atoms with Gasteiger partial charge in [-0.15, -0.1) is 0 Å². The Morgan fingerprint density at radius 1 is 0.880 bits per heavy atom. The normalized spacial score (nSPS) is 11.5. The highest BCUT2D eigenvalue weighted by Gasteiger charge is 2.18. The lowest BCUT2D eigenvalue weighted by molar-refractivity contribution is 0.628. The van der Waals surface area contributed by atoms with E-state index in [1.54, 1.807) is 6.07 Å². The summed E-state index contributed by atoms with van der Waals surface area (Å²) in [5, 5.41) is 0.118. The lowest BCUT2D eigenvalue weighted by Crippen LogP contribution is -1.85. The number of benzene rings is 3. The summed E-state index contributed by atoms with van der Waals surface area (Å²) in [6.07, 6.45) is 2.00. The third-order valence-corrected chi connectivity index (χ3v) is 4.93. The molecule has 0 atom stereocenters. The second-order valence-electron chi connectivity index (χ2n) is 6.27. The van der Waals surface area contributed by atoms with Gasteiger partial charge in [0.25, 0.3) is 0 Å². The minimum absolute atomic E-state index is 0.118. The zero-order chi connectivity index (χ0) is 17.4. The van der Waals surface area contributed by atoms with Crippen LogP contribution in [0, 0.1) is 17.7 Å². The second-order valence-corrected chi connectivity index (χ2v) is 6.68. The van der Waals surface area contributed by atoms with Crippen molar-refractivity contribution in [1.82, 2.24) is 0 Å². The molecule has 0 amide bonds. The second kappa shape index (κ2) is 6.39. The first-order valence-corrected chi connectivity index (χ1v) is 8.74. The fourth-order valence-corrected chi connectivity index (χ4v) is 3.40. The van der Waals surface area contributed by atoms with E-state index in [4.69, 9.17) is 11.6 Å². The Balaban J connectivity index is 1.65. The molecule has 4 rings (SSSR count). The van der Waals surface area contributed by atoms with Crippen LogP contribution < -0.4 is 0 Å². The van der Waals surface area contributed by atoms with E-state index < -0.39 is 5.82 Å². The summed E-state index contributed by atoms with van der Waals surface area (Å²) < 4.78 is 13.5. The predicted octanol–water partition coefficient (Wildman–Crippen LogP) is 6.01. The van der Waals surface area contributed by atoms with E-state index >= 15 is 0 Å². The Hall–Kier alpha value is -2.56. The third-order valence-electron chi connectivity index (χ3n) is 4.62. The van der Waals surface area contributed by atoms with Crippen LogP contribution in [0.2, 0.25) is 5.02 Å². The molecule has 1 aliphatic rings. The smallest absolute Gasteiger partial charge is 0.143 e. The maximum atomic E-state index is 13.5. The van der Waals surface area contributed by atoms with Gasteiger partial charge in [0.15, 0.2) is 0 Å². The molecule has 0 N–H and O–H groups in total. The van der Waals surface area contributed by atoms with Crippen LogP contribution in [0.15, 0.2) is 54.6 Å². The van der Waals surface area contributed by atoms with Crippen molar-refractivity contribution in [3.05, 3.63) is 93.3 Å². The monoisotopic (exact) mass is 346 g/mol. The molecule has 3 aromatic rings. The molecule has 0 unspecified atom stereocenters. The van der Waals surface area contributed by atoms with E-state index in [1.807, 2.05) is 6.07 Å². The summed E-state index contributed by atoms with van der Waals surface area (Å²) in [6, 6.07) is 17.7. The molecule has 1 aliphatic carbocycles. The van der Waals surface area contributed by atoms with Crippen LogP contribution in [-0.4, -0.2) is 0 Å². The molecule has 0 bridgehead atoms.